The summed E-state index contributed by atoms with van der Waals surface area (Å²) in [5.41, 5.74) is 4.24. The number of benzene rings is 2. The van der Waals surface area contributed by atoms with Crippen molar-refractivity contribution in [3.8, 4) is 0 Å². The van der Waals surface area contributed by atoms with Crippen LogP contribution >= 0.6 is 0 Å². The Morgan fingerprint density at radius 3 is 2.52 bits per heavy atom. The number of carbonyl (C=O) groups is 1. The Morgan fingerprint density at radius 2 is 1.78 bits per heavy atom. The second-order valence-electron chi connectivity index (χ2n) is 5.78. The molecule has 0 fully saturated rings. The highest BCUT2D eigenvalue weighted by atomic mass is 16.2. The summed E-state index contributed by atoms with van der Waals surface area (Å²) >= 11 is 0. The maximum absolute atomic E-state index is 12.4. The number of aryl methyl sites for hydroxylation is 3. The molecule has 0 saturated heterocycles. The largest absolute Gasteiger partial charge is 0.329 e. The van der Waals surface area contributed by atoms with Crippen LogP contribution in [0.4, 0.5) is 5.69 Å². The number of rotatable bonds is 3. The third-order valence-corrected chi connectivity index (χ3v) is 4.02. The van der Waals surface area contributed by atoms with Gasteiger partial charge in [0.2, 0.25) is 5.91 Å². The van der Waals surface area contributed by atoms with Crippen molar-refractivity contribution in [1.82, 2.24) is 9.13 Å². The molecule has 0 aliphatic carbocycles. The summed E-state index contributed by atoms with van der Waals surface area (Å²) in [5.74, 6) is -0.211. The first-order valence-electron chi connectivity index (χ1n) is 7.49. The number of aromatic nitrogens is 2. The van der Waals surface area contributed by atoms with E-state index in [-0.39, 0.29) is 18.1 Å². The van der Waals surface area contributed by atoms with Crippen molar-refractivity contribution in [2.75, 3.05) is 5.32 Å². The van der Waals surface area contributed by atoms with Crippen LogP contribution in [0.2, 0.25) is 0 Å². The molecule has 0 saturated carbocycles. The lowest BCUT2D eigenvalue weighted by molar-refractivity contribution is -0.116. The second-order valence-corrected chi connectivity index (χ2v) is 5.78. The molecule has 3 aromatic rings. The summed E-state index contributed by atoms with van der Waals surface area (Å²) in [6, 6.07) is 13.4. The number of hydrogen-bond donors (Lipinski definition) is 1. The molecule has 1 N–H and O–H groups in total. The number of amides is 1. The minimum atomic E-state index is -0.211. The molecule has 0 spiro atoms. The van der Waals surface area contributed by atoms with Gasteiger partial charge in [0.05, 0.1) is 11.0 Å². The van der Waals surface area contributed by atoms with Gasteiger partial charge in [0.1, 0.15) is 6.54 Å². The van der Waals surface area contributed by atoms with E-state index >= 15 is 0 Å². The summed E-state index contributed by atoms with van der Waals surface area (Å²) in [4.78, 5) is 24.7. The molecular weight excluding hydrogens is 290 g/mol. The summed E-state index contributed by atoms with van der Waals surface area (Å²) in [5, 5.41) is 2.89. The second kappa shape index (κ2) is 5.76. The predicted octanol–water partition coefficient (Wildman–Crippen LogP) is 2.60. The summed E-state index contributed by atoms with van der Waals surface area (Å²) < 4.78 is 3.05. The predicted molar refractivity (Wildman–Crippen MR) is 91.7 cm³/mol. The Bertz CT molecular complexity index is 951. The molecule has 5 nitrogen and oxygen atoms in total. The SMILES string of the molecule is Cc1ccc(C)c(NC(=O)Cn2c(=O)n(C)c3ccccc32)c1. The minimum absolute atomic E-state index is 0.00638. The first kappa shape index (κ1) is 15.1. The number of para-hydroxylation sites is 2. The van der Waals surface area contributed by atoms with Gasteiger partial charge in [0.15, 0.2) is 0 Å². The Balaban J connectivity index is 1.91. The zero-order valence-electron chi connectivity index (χ0n) is 13.5. The van der Waals surface area contributed by atoms with Crippen molar-refractivity contribution in [3.05, 3.63) is 64.1 Å². The van der Waals surface area contributed by atoms with Crippen molar-refractivity contribution in [3.63, 3.8) is 0 Å². The van der Waals surface area contributed by atoms with E-state index in [1.165, 1.54) is 4.57 Å². The summed E-state index contributed by atoms with van der Waals surface area (Å²) in [6.45, 7) is 3.91. The number of anilines is 1. The first-order valence-corrected chi connectivity index (χ1v) is 7.49. The Kier molecular flexibility index (Phi) is 3.78. The van der Waals surface area contributed by atoms with Gasteiger partial charge in [-0.15, -0.1) is 0 Å². The summed E-state index contributed by atoms with van der Waals surface area (Å²) in [7, 11) is 1.71. The molecular formula is C18H19N3O2. The molecule has 0 aliphatic heterocycles. The Labute approximate surface area is 134 Å². The van der Waals surface area contributed by atoms with Crippen LogP contribution in [0.25, 0.3) is 11.0 Å². The molecule has 0 bridgehead atoms. The highest BCUT2D eigenvalue weighted by molar-refractivity contribution is 5.92. The van der Waals surface area contributed by atoms with Gasteiger partial charge in [-0.1, -0.05) is 24.3 Å². The molecule has 0 radical (unpaired) electrons. The number of nitrogens with one attached hydrogen (secondary N) is 1. The fourth-order valence-electron chi connectivity index (χ4n) is 2.72. The minimum Gasteiger partial charge on any atom is -0.324 e. The molecule has 3 rings (SSSR count). The van der Waals surface area contributed by atoms with Gasteiger partial charge in [0, 0.05) is 12.7 Å². The third-order valence-electron chi connectivity index (χ3n) is 4.02. The standard InChI is InChI=1S/C18H19N3O2/c1-12-8-9-13(2)14(10-12)19-17(22)11-21-16-7-5-4-6-15(16)20(3)18(21)23/h4-10H,11H2,1-3H3,(H,19,22). The number of hydrogen-bond acceptors (Lipinski definition) is 2. The quantitative estimate of drug-likeness (QED) is 0.808. The van der Waals surface area contributed by atoms with E-state index < -0.39 is 0 Å². The highest BCUT2D eigenvalue weighted by Gasteiger charge is 2.13. The van der Waals surface area contributed by atoms with Crippen molar-refractivity contribution >= 4 is 22.6 Å². The lowest BCUT2D eigenvalue weighted by Gasteiger charge is -2.10. The maximum atomic E-state index is 12.4. The average molecular weight is 309 g/mol. The molecule has 2 aromatic carbocycles. The Morgan fingerprint density at radius 1 is 1.09 bits per heavy atom. The van der Waals surface area contributed by atoms with E-state index in [4.69, 9.17) is 0 Å². The number of carbonyl (C=O) groups excluding carboxylic acids is 1. The van der Waals surface area contributed by atoms with Crippen LogP contribution in [0.5, 0.6) is 0 Å². The van der Waals surface area contributed by atoms with Crippen LogP contribution in [0.15, 0.2) is 47.3 Å². The molecule has 0 aliphatic rings. The fraction of sp³-hybridized carbons (Fsp3) is 0.222. The van der Waals surface area contributed by atoms with E-state index in [2.05, 4.69) is 5.32 Å². The summed E-state index contributed by atoms with van der Waals surface area (Å²) in [6.07, 6.45) is 0. The van der Waals surface area contributed by atoms with Crippen LogP contribution in [-0.2, 0) is 18.4 Å². The molecule has 118 valence electrons. The van der Waals surface area contributed by atoms with E-state index in [9.17, 15) is 9.59 Å². The molecule has 0 unspecified atom stereocenters. The van der Waals surface area contributed by atoms with E-state index in [1.807, 2.05) is 56.3 Å². The van der Waals surface area contributed by atoms with Crippen LogP contribution in [0.3, 0.4) is 0 Å². The normalized spacial score (nSPS) is 10.9. The van der Waals surface area contributed by atoms with Crippen LogP contribution in [0, 0.1) is 13.8 Å². The molecule has 5 heteroatoms. The third kappa shape index (κ3) is 2.77. The molecule has 1 aromatic heterocycles. The lowest BCUT2D eigenvalue weighted by Crippen LogP contribution is -2.28. The van der Waals surface area contributed by atoms with Gasteiger partial charge >= 0.3 is 5.69 Å². The topological polar surface area (TPSA) is 56.0 Å². The van der Waals surface area contributed by atoms with Crippen LogP contribution < -0.4 is 11.0 Å². The van der Waals surface area contributed by atoms with Crippen LogP contribution in [-0.4, -0.2) is 15.0 Å². The van der Waals surface area contributed by atoms with Gasteiger partial charge in [-0.25, -0.2) is 4.79 Å². The Hall–Kier alpha value is -2.82. The van der Waals surface area contributed by atoms with E-state index in [0.717, 1.165) is 27.8 Å². The number of fused-ring (bicyclic) bond motifs is 1. The lowest BCUT2D eigenvalue weighted by atomic mass is 10.1. The zero-order chi connectivity index (χ0) is 16.6. The molecule has 23 heavy (non-hydrogen) atoms. The highest BCUT2D eigenvalue weighted by Crippen LogP contribution is 2.17. The number of imidazole rings is 1. The van der Waals surface area contributed by atoms with Crippen LogP contribution in [0.1, 0.15) is 11.1 Å². The zero-order valence-corrected chi connectivity index (χ0v) is 13.5. The van der Waals surface area contributed by atoms with Gasteiger partial charge in [0.25, 0.3) is 0 Å². The van der Waals surface area contributed by atoms with Crippen molar-refractivity contribution in [1.29, 1.82) is 0 Å². The smallest absolute Gasteiger partial charge is 0.324 e. The molecule has 0 atom stereocenters. The van der Waals surface area contributed by atoms with Gasteiger partial charge < -0.3 is 5.32 Å². The molecule has 1 amide bonds. The maximum Gasteiger partial charge on any atom is 0.329 e. The van der Waals surface area contributed by atoms with Gasteiger partial charge in [-0.3, -0.25) is 13.9 Å². The number of nitrogens with zero attached hydrogens (tertiary/aromatic N) is 2. The average Bonchev–Trinajstić information content (AvgIpc) is 2.76. The van der Waals surface area contributed by atoms with Crippen molar-refractivity contribution in [2.24, 2.45) is 7.05 Å². The molecule has 1 heterocycles. The van der Waals surface area contributed by atoms with Crippen molar-refractivity contribution in [2.45, 2.75) is 20.4 Å². The van der Waals surface area contributed by atoms with E-state index in [0.29, 0.717) is 0 Å². The van der Waals surface area contributed by atoms with E-state index in [1.54, 1.807) is 11.6 Å². The van der Waals surface area contributed by atoms with Crippen molar-refractivity contribution < 1.29 is 4.79 Å². The van der Waals surface area contributed by atoms with Gasteiger partial charge in [-0.05, 0) is 43.2 Å². The monoisotopic (exact) mass is 309 g/mol. The first-order chi connectivity index (χ1) is 11.0. The van der Waals surface area contributed by atoms with Gasteiger partial charge in [-0.2, -0.15) is 0 Å². The fourth-order valence-corrected chi connectivity index (χ4v) is 2.72.